The van der Waals surface area contributed by atoms with Crippen LogP contribution in [0.25, 0.3) is 0 Å². The van der Waals surface area contributed by atoms with Crippen molar-refractivity contribution in [3.63, 3.8) is 0 Å². The Hall–Kier alpha value is -1.96. The summed E-state index contributed by atoms with van der Waals surface area (Å²) >= 11 is 0. The maximum atomic E-state index is 10.9. The molecule has 1 rings (SSSR count). The lowest BCUT2D eigenvalue weighted by Crippen LogP contribution is -2.10. The SMILES string of the molecule is CNc1ncnc(NCCCOC)c1[N+](=O)[O-]. The van der Waals surface area contributed by atoms with Gasteiger partial charge >= 0.3 is 5.69 Å². The van der Waals surface area contributed by atoms with Crippen LogP contribution in [0.3, 0.4) is 0 Å². The number of nitrogens with zero attached hydrogens (tertiary/aromatic N) is 3. The van der Waals surface area contributed by atoms with Gasteiger partial charge in [0, 0.05) is 27.3 Å². The minimum atomic E-state index is -0.509. The van der Waals surface area contributed by atoms with Crippen molar-refractivity contribution >= 4 is 17.3 Å². The molecule has 8 heteroatoms. The fraction of sp³-hybridized carbons (Fsp3) is 0.556. The standard InChI is InChI=1S/C9H15N5O3/c1-10-8-7(14(15)16)9(13-6-12-8)11-4-3-5-17-2/h6H,3-5H2,1-2H3,(H2,10,11,12,13). The van der Waals surface area contributed by atoms with Crippen molar-refractivity contribution in [2.75, 3.05) is 37.9 Å². The second-order valence-corrected chi connectivity index (χ2v) is 3.20. The molecule has 0 saturated carbocycles. The lowest BCUT2D eigenvalue weighted by molar-refractivity contribution is -0.383. The number of nitro groups is 1. The molecule has 8 nitrogen and oxygen atoms in total. The Morgan fingerprint density at radius 1 is 1.47 bits per heavy atom. The summed E-state index contributed by atoms with van der Waals surface area (Å²) in [4.78, 5) is 18.1. The Balaban J connectivity index is 2.79. The number of nitrogens with one attached hydrogen (secondary N) is 2. The van der Waals surface area contributed by atoms with Crippen LogP contribution >= 0.6 is 0 Å². The van der Waals surface area contributed by atoms with Crippen LogP contribution in [-0.2, 0) is 4.74 Å². The highest BCUT2D eigenvalue weighted by Crippen LogP contribution is 2.27. The predicted octanol–water partition coefficient (Wildman–Crippen LogP) is 0.875. The second kappa shape index (κ2) is 6.59. The van der Waals surface area contributed by atoms with Crippen molar-refractivity contribution in [2.24, 2.45) is 0 Å². The molecule has 0 aliphatic rings. The van der Waals surface area contributed by atoms with Gasteiger partial charge < -0.3 is 15.4 Å². The Morgan fingerprint density at radius 2 is 2.18 bits per heavy atom. The van der Waals surface area contributed by atoms with Crippen LogP contribution < -0.4 is 10.6 Å². The number of anilines is 2. The highest BCUT2D eigenvalue weighted by molar-refractivity contribution is 5.68. The van der Waals surface area contributed by atoms with Gasteiger partial charge in [-0.2, -0.15) is 0 Å². The van der Waals surface area contributed by atoms with Gasteiger partial charge in [-0.1, -0.05) is 0 Å². The van der Waals surface area contributed by atoms with E-state index in [4.69, 9.17) is 4.74 Å². The Kier molecular flexibility index (Phi) is 5.08. The summed E-state index contributed by atoms with van der Waals surface area (Å²) in [7, 11) is 3.18. The summed E-state index contributed by atoms with van der Waals surface area (Å²) in [5.74, 6) is 0.407. The molecule has 1 aromatic rings. The Morgan fingerprint density at radius 3 is 2.76 bits per heavy atom. The van der Waals surface area contributed by atoms with Gasteiger partial charge in [0.1, 0.15) is 6.33 Å². The van der Waals surface area contributed by atoms with E-state index >= 15 is 0 Å². The smallest absolute Gasteiger partial charge is 0.353 e. The summed E-state index contributed by atoms with van der Waals surface area (Å²) in [6.07, 6.45) is 2.02. The highest BCUT2D eigenvalue weighted by atomic mass is 16.6. The molecule has 0 saturated heterocycles. The number of methoxy groups -OCH3 is 1. The Bertz CT molecular complexity index is 385. The van der Waals surface area contributed by atoms with Crippen LogP contribution in [0.4, 0.5) is 17.3 Å². The van der Waals surface area contributed by atoms with Gasteiger partial charge in [0.25, 0.3) is 0 Å². The lowest BCUT2D eigenvalue weighted by Gasteiger charge is -2.07. The molecule has 0 aliphatic heterocycles. The summed E-state index contributed by atoms with van der Waals surface area (Å²) in [6, 6.07) is 0. The molecular formula is C9H15N5O3. The topological polar surface area (TPSA) is 102 Å². The predicted molar refractivity (Wildman–Crippen MR) is 63.2 cm³/mol. The monoisotopic (exact) mass is 241 g/mol. The van der Waals surface area contributed by atoms with Crippen LogP contribution in [0.5, 0.6) is 0 Å². The van der Waals surface area contributed by atoms with Gasteiger partial charge in [0.2, 0.25) is 11.6 Å². The van der Waals surface area contributed by atoms with Gasteiger partial charge in [-0.05, 0) is 6.42 Å². The maximum Gasteiger partial charge on any atom is 0.353 e. The number of ether oxygens (including phenoxy) is 1. The number of hydrogen-bond donors (Lipinski definition) is 2. The molecule has 17 heavy (non-hydrogen) atoms. The fourth-order valence-electron chi connectivity index (χ4n) is 1.29. The molecule has 0 aliphatic carbocycles. The molecule has 1 aromatic heterocycles. The second-order valence-electron chi connectivity index (χ2n) is 3.20. The van der Waals surface area contributed by atoms with Crippen molar-refractivity contribution in [3.05, 3.63) is 16.4 Å². The molecular weight excluding hydrogens is 226 g/mol. The van der Waals surface area contributed by atoms with E-state index in [2.05, 4.69) is 20.6 Å². The minimum absolute atomic E-state index is 0.146. The number of hydrogen-bond acceptors (Lipinski definition) is 7. The average molecular weight is 241 g/mol. The van der Waals surface area contributed by atoms with Crippen LogP contribution in [0.15, 0.2) is 6.33 Å². The summed E-state index contributed by atoms with van der Waals surface area (Å²) < 4.78 is 4.88. The van der Waals surface area contributed by atoms with E-state index in [1.54, 1.807) is 14.2 Å². The van der Waals surface area contributed by atoms with Crippen molar-refractivity contribution in [1.29, 1.82) is 0 Å². The summed E-state index contributed by atoms with van der Waals surface area (Å²) in [5, 5.41) is 16.5. The molecule has 0 amide bonds. The van der Waals surface area contributed by atoms with Crippen LogP contribution in [0.1, 0.15) is 6.42 Å². The highest BCUT2D eigenvalue weighted by Gasteiger charge is 2.21. The molecule has 0 unspecified atom stereocenters. The molecule has 0 aromatic carbocycles. The normalized spacial score (nSPS) is 10.0. The molecule has 0 spiro atoms. The summed E-state index contributed by atoms with van der Waals surface area (Å²) in [6.45, 7) is 1.14. The van der Waals surface area contributed by atoms with E-state index in [0.717, 1.165) is 6.42 Å². The first kappa shape index (κ1) is 13.1. The minimum Gasteiger partial charge on any atom is -0.385 e. The zero-order valence-electron chi connectivity index (χ0n) is 9.77. The van der Waals surface area contributed by atoms with Crippen molar-refractivity contribution in [1.82, 2.24) is 9.97 Å². The quantitative estimate of drug-likeness (QED) is 0.415. The van der Waals surface area contributed by atoms with Gasteiger partial charge in [0.15, 0.2) is 0 Å². The van der Waals surface area contributed by atoms with Crippen LogP contribution in [-0.4, -0.2) is 42.2 Å². The van der Waals surface area contributed by atoms with E-state index in [-0.39, 0.29) is 17.3 Å². The molecule has 0 radical (unpaired) electrons. The number of aromatic nitrogens is 2. The maximum absolute atomic E-state index is 10.9. The van der Waals surface area contributed by atoms with E-state index in [1.165, 1.54) is 6.33 Å². The first-order valence-corrected chi connectivity index (χ1v) is 5.10. The molecule has 0 fully saturated rings. The van der Waals surface area contributed by atoms with E-state index < -0.39 is 4.92 Å². The molecule has 1 heterocycles. The molecule has 0 atom stereocenters. The molecule has 2 N–H and O–H groups in total. The van der Waals surface area contributed by atoms with Crippen LogP contribution in [0, 0.1) is 10.1 Å². The van der Waals surface area contributed by atoms with E-state index in [1.807, 2.05) is 0 Å². The third kappa shape index (κ3) is 3.52. The number of rotatable bonds is 7. The third-order valence-electron chi connectivity index (χ3n) is 2.06. The first-order chi connectivity index (χ1) is 8.20. The van der Waals surface area contributed by atoms with Gasteiger partial charge in [0.05, 0.1) is 4.92 Å². The lowest BCUT2D eigenvalue weighted by atomic mass is 10.4. The van der Waals surface area contributed by atoms with Gasteiger partial charge in [-0.3, -0.25) is 10.1 Å². The first-order valence-electron chi connectivity index (χ1n) is 5.10. The fourth-order valence-corrected chi connectivity index (χ4v) is 1.29. The average Bonchev–Trinajstić information content (AvgIpc) is 2.33. The third-order valence-corrected chi connectivity index (χ3v) is 2.06. The largest absolute Gasteiger partial charge is 0.385 e. The van der Waals surface area contributed by atoms with E-state index in [0.29, 0.717) is 13.2 Å². The van der Waals surface area contributed by atoms with Crippen molar-refractivity contribution in [2.45, 2.75) is 6.42 Å². The Labute approximate surface area is 98.6 Å². The van der Waals surface area contributed by atoms with E-state index in [9.17, 15) is 10.1 Å². The molecule has 94 valence electrons. The van der Waals surface area contributed by atoms with Crippen molar-refractivity contribution in [3.8, 4) is 0 Å². The van der Waals surface area contributed by atoms with Crippen LogP contribution in [0.2, 0.25) is 0 Å². The van der Waals surface area contributed by atoms with Gasteiger partial charge in [-0.25, -0.2) is 9.97 Å². The zero-order chi connectivity index (χ0) is 12.7. The zero-order valence-corrected chi connectivity index (χ0v) is 9.77. The summed E-state index contributed by atoms with van der Waals surface area (Å²) in [5.41, 5.74) is -0.146. The molecule has 0 bridgehead atoms. The van der Waals surface area contributed by atoms with Crippen molar-refractivity contribution < 1.29 is 9.66 Å². The van der Waals surface area contributed by atoms with Gasteiger partial charge in [-0.15, -0.1) is 0 Å².